The molecule has 0 rings (SSSR count). The SMILES string of the molecule is CCCCCCCCC(OCC)C(OCC)(OCC)C(OCC)(OCC)C(=O)O. The Morgan fingerprint density at radius 2 is 1.21 bits per heavy atom. The maximum absolute atomic E-state index is 12.5. The standard InChI is InChI=1S/C22H44O7/c1-7-13-14-15-16-17-18-19(25-8-2)21(26-9-3,27-10-4)22(20(23)24,28-11-5)29-12-6/h19H,7-18H2,1-6H3,(H,23,24). The third kappa shape index (κ3) is 7.79. The molecule has 0 aliphatic rings. The molecular formula is C22H44O7. The topological polar surface area (TPSA) is 83.5 Å². The lowest BCUT2D eigenvalue weighted by Crippen LogP contribution is -2.71. The third-order valence-electron chi connectivity index (χ3n) is 4.76. The molecule has 29 heavy (non-hydrogen) atoms. The van der Waals surface area contributed by atoms with Gasteiger partial charge in [0.05, 0.1) is 0 Å². The maximum Gasteiger partial charge on any atom is 0.370 e. The zero-order valence-corrected chi connectivity index (χ0v) is 19.5. The van der Waals surface area contributed by atoms with E-state index in [4.69, 9.17) is 23.7 Å². The van der Waals surface area contributed by atoms with Crippen LogP contribution in [-0.4, -0.2) is 61.8 Å². The van der Waals surface area contributed by atoms with Crippen LogP contribution in [0.2, 0.25) is 0 Å². The van der Waals surface area contributed by atoms with E-state index in [1.807, 2.05) is 6.92 Å². The first-order valence-corrected chi connectivity index (χ1v) is 11.4. The summed E-state index contributed by atoms with van der Waals surface area (Å²) in [4.78, 5) is 12.5. The first kappa shape index (κ1) is 28.3. The fourth-order valence-electron chi connectivity index (χ4n) is 3.67. The summed E-state index contributed by atoms with van der Waals surface area (Å²) in [6.45, 7) is 12.2. The van der Waals surface area contributed by atoms with Crippen LogP contribution in [0.1, 0.15) is 86.5 Å². The van der Waals surface area contributed by atoms with Gasteiger partial charge in [-0.15, -0.1) is 0 Å². The van der Waals surface area contributed by atoms with Crippen molar-refractivity contribution in [3.8, 4) is 0 Å². The normalized spacial score (nSPS) is 13.6. The molecule has 7 nitrogen and oxygen atoms in total. The summed E-state index contributed by atoms with van der Waals surface area (Å²) in [5.74, 6) is -5.12. The number of ether oxygens (including phenoxy) is 5. The molecule has 0 aromatic rings. The Morgan fingerprint density at radius 1 is 0.724 bits per heavy atom. The molecule has 0 saturated carbocycles. The molecule has 0 fully saturated rings. The lowest BCUT2D eigenvalue weighted by atomic mass is 9.93. The van der Waals surface area contributed by atoms with Crippen molar-refractivity contribution in [2.24, 2.45) is 0 Å². The highest BCUT2D eigenvalue weighted by Crippen LogP contribution is 2.40. The van der Waals surface area contributed by atoms with Gasteiger partial charge >= 0.3 is 11.8 Å². The van der Waals surface area contributed by atoms with E-state index in [9.17, 15) is 9.90 Å². The van der Waals surface area contributed by atoms with Gasteiger partial charge in [0, 0.05) is 33.0 Å². The number of unbranched alkanes of at least 4 members (excludes halogenated alkanes) is 5. The Hall–Kier alpha value is -0.730. The number of carboxylic acids is 1. The fraction of sp³-hybridized carbons (Fsp3) is 0.955. The van der Waals surface area contributed by atoms with Crippen LogP contribution in [0.5, 0.6) is 0 Å². The molecule has 0 bridgehead atoms. The van der Waals surface area contributed by atoms with Gasteiger partial charge < -0.3 is 28.8 Å². The van der Waals surface area contributed by atoms with E-state index < -0.39 is 23.6 Å². The van der Waals surface area contributed by atoms with E-state index in [-0.39, 0.29) is 26.4 Å². The minimum absolute atomic E-state index is 0.129. The average Bonchev–Trinajstić information content (AvgIpc) is 2.69. The van der Waals surface area contributed by atoms with Crippen LogP contribution in [0.3, 0.4) is 0 Å². The van der Waals surface area contributed by atoms with Crippen LogP contribution in [-0.2, 0) is 28.5 Å². The second-order valence-corrected chi connectivity index (χ2v) is 6.82. The summed E-state index contributed by atoms with van der Waals surface area (Å²) < 4.78 is 29.6. The maximum atomic E-state index is 12.5. The Bertz CT molecular complexity index is 402. The monoisotopic (exact) mass is 420 g/mol. The van der Waals surface area contributed by atoms with Crippen LogP contribution in [0.4, 0.5) is 0 Å². The molecule has 0 saturated heterocycles. The molecular weight excluding hydrogens is 376 g/mol. The molecule has 7 heteroatoms. The largest absolute Gasteiger partial charge is 0.477 e. The highest BCUT2D eigenvalue weighted by atomic mass is 16.8. The van der Waals surface area contributed by atoms with Gasteiger partial charge in [0.2, 0.25) is 0 Å². The fourth-order valence-corrected chi connectivity index (χ4v) is 3.67. The first-order valence-electron chi connectivity index (χ1n) is 11.4. The van der Waals surface area contributed by atoms with E-state index in [0.717, 1.165) is 19.3 Å². The minimum atomic E-state index is -2.12. The first-order chi connectivity index (χ1) is 14.0. The lowest BCUT2D eigenvalue weighted by Gasteiger charge is -2.48. The summed E-state index contributed by atoms with van der Waals surface area (Å²) in [6, 6.07) is 0. The van der Waals surface area contributed by atoms with Gasteiger partial charge in [-0.3, -0.25) is 0 Å². The predicted octanol–water partition coefficient (Wildman–Crippen LogP) is 4.77. The quantitative estimate of drug-likeness (QED) is 0.224. The van der Waals surface area contributed by atoms with E-state index in [1.165, 1.54) is 19.3 Å². The summed E-state index contributed by atoms with van der Waals surface area (Å²) in [5, 5.41) is 10.2. The van der Waals surface area contributed by atoms with Crippen LogP contribution >= 0.6 is 0 Å². The van der Waals surface area contributed by atoms with Crippen molar-refractivity contribution >= 4 is 5.97 Å². The van der Waals surface area contributed by atoms with Gasteiger partial charge in [0.25, 0.3) is 5.79 Å². The summed E-state index contributed by atoms with van der Waals surface area (Å²) in [5.41, 5.74) is 0. The van der Waals surface area contributed by atoms with Crippen LogP contribution in [0.15, 0.2) is 0 Å². The zero-order chi connectivity index (χ0) is 22.2. The number of hydrogen-bond donors (Lipinski definition) is 1. The molecule has 0 aliphatic heterocycles. The van der Waals surface area contributed by atoms with Crippen LogP contribution in [0, 0.1) is 0 Å². The lowest BCUT2D eigenvalue weighted by molar-refractivity contribution is -0.420. The Kier molecular flexibility index (Phi) is 15.6. The highest BCUT2D eigenvalue weighted by Gasteiger charge is 2.66. The van der Waals surface area contributed by atoms with Gasteiger partial charge in [0.15, 0.2) is 0 Å². The number of carbonyl (C=O) groups is 1. The van der Waals surface area contributed by atoms with Crippen molar-refractivity contribution in [3.63, 3.8) is 0 Å². The number of carboxylic acid groups (broad SMARTS) is 1. The summed E-state index contributed by atoms with van der Waals surface area (Å²) >= 11 is 0. The number of aliphatic carboxylic acids is 1. The average molecular weight is 421 g/mol. The Labute approximate surface area is 177 Å². The van der Waals surface area contributed by atoms with E-state index in [0.29, 0.717) is 13.0 Å². The molecule has 0 aromatic heterocycles. The van der Waals surface area contributed by atoms with Crippen molar-refractivity contribution in [2.75, 3.05) is 33.0 Å². The van der Waals surface area contributed by atoms with Crippen molar-refractivity contribution < 1.29 is 33.6 Å². The smallest absolute Gasteiger partial charge is 0.370 e. The van der Waals surface area contributed by atoms with Crippen molar-refractivity contribution in [3.05, 3.63) is 0 Å². The van der Waals surface area contributed by atoms with Crippen LogP contribution in [0.25, 0.3) is 0 Å². The van der Waals surface area contributed by atoms with Gasteiger partial charge in [-0.2, -0.15) is 0 Å². The molecule has 1 N–H and O–H groups in total. The van der Waals surface area contributed by atoms with Gasteiger partial charge in [0.1, 0.15) is 6.10 Å². The highest BCUT2D eigenvalue weighted by molar-refractivity contribution is 5.77. The summed E-state index contributed by atoms with van der Waals surface area (Å²) in [6.07, 6.45) is 6.64. The number of hydrogen-bond acceptors (Lipinski definition) is 6. The molecule has 0 heterocycles. The molecule has 1 unspecified atom stereocenters. The second kappa shape index (κ2) is 16.0. The van der Waals surface area contributed by atoms with Crippen LogP contribution < -0.4 is 0 Å². The Balaban J connectivity index is 5.95. The van der Waals surface area contributed by atoms with Crippen molar-refractivity contribution in [1.82, 2.24) is 0 Å². The Morgan fingerprint density at radius 3 is 1.62 bits per heavy atom. The second-order valence-electron chi connectivity index (χ2n) is 6.82. The molecule has 0 aromatic carbocycles. The van der Waals surface area contributed by atoms with Crippen molar-refractivity contribution in [2.45, 2.75) is 104 Å². The summed E-state index contributed by atoms with van der Waals surface area (Å²) in [7, 11) is 0. The van der Waals surface area contributed by atoms with Gasteiger partial charge in [-0.05, 0) is 41.0 Å². The molecule has 0 radical (unpaired) electrons. The third-order valence-corrected chi connectivity index (χ3v) is 4.76. The molecule has 1 atom stereocenters. The van der Waals surface area contributed by atoms with Gasteiger partial charge in [-0.1, -0.05) is 45.4 Å². The van der Waals surface area contributed by atoms with E-state index in [1.54, 1.807) is 27.7 Å². The molecule has 0 spiro atoms. The van der Waals surface area contributed by atoms with Gasteiger partial charge in [-0.25, -0.2) is 4.79 Å². The number of rotatable bonds is 20. The zero-order valence-electron chi connectivity index (χ0n) is 19.5. The predicted molar refractivity (Wildman–Crippen MR) is 113 cm³/mol. The van der Waals surface area contributed by atoms with Crippen molar-refractivity contribution in [1.29, 1.82) is 0 Å². The van der Waals surface area contributed by atoms with E-state index >= 15 is 0 Å². The van der Waals surface area contributed by atoms with E-state index in [2.05, 4.69) is 6.92 Å². The molecule has 174 valence electrons. The molecule has 0 amide bonds. The molecule has 0 aliphatic carbocycles. The minimum Gasteiger partial charge on any atom is -0.477 e.